The zero-order chi connectivity index (χ0) is 42.0. The summed E-state index contributed by atoms with van der Waals surface area (Å²) in [6.07, 6.45) is -0.853. The topological polar surface area (TPSA) is 202 Å². The molecular formula is C40H56F2N10O6. The highest BCUT2D eigenvalue weighted by molar-refractivity contribution is 5.90. The molecule has 2 saturated heterocycles. The number of imidazole rings is 2. The number of carbonyl (C=O) groups is 3. The molecule has 3 amide bonds. The lowest BCUT2D eigenvalue weighted by atomic mass is 10.1. The molecule has 0 bridgehead atoms. The summed E-state index contributed by atoms with van der Waals surface area (Å²) in [5.74, 6) is -1.57. The summed E-state index contributed by atoms with van der Waals surface area (Å²) in [5, 5.41) is 43.4. The van der Waals surface area contributed by atoms with Gasteiger partial charge in [-0.2, -0.15) is 0 Å². The van der Waals surface area contributed by atoms with Gasteiger partial charge in [0.1, 0.15) is 29.9 Å². The first kappa shape index (κ1) is 43.0. The van der Waals surface area contributed by atoms with E-state index in [0.717, 1.165) is 0 Å². The zero-order valence-electron chi connectivity index (χ0n) is 33.8. The number of aliphatic hydroxyl groups excluding tert-OH is 3. The van der Waals surface area contributed by atoms with Crippen LogP contribution in [0.2, 0.25) is 0 Å². The Kier molecular flexibility index (Phi) is 13.4. The summed E-state index contributed by atoms with van der Waals surface area (Å²) < 4.78 is 33.2. The van der Waals surface area contributed by atoms with Gasteiger partial charge in [-0.1, -0.05) is 0 Å². The number of carbonyl (C=O) groups excluding carboxylic acids is 3. The van der Waals surface area contributed by atoms with Crippen molar-refractivity contribution in [3.63, 3.8) is 0 Å². The van der Waals surface area contributed by atoms with Crippen molar-refractivity contribution in [3.8, 4) is 11.6 Å². The predicted molar refractivity (Wildman–Crippen MR) is 213 cm³/mol. The van der Waals surface area contributed by atoms with Gasteiger partial charge in [0, 0.05) is 56.4 Å². The molecule has 9 atom stereocenters. The first-order chi connectivity index (χ1) is 27.6. The van der Waals surface area contributed by atoms with Gasteiger partial charge >= 0.3 is 0 Å². The average molecular weight is 811 g/mol. The maximum atomic E-state index is 14.7. The summed E-state index contributed by atoms with van der Waals surface area (Å²) >= 11 is 0. The molecule has 3 unspecified atom stereocenters. The van der Waals surface area contributed by atoms with Gasteiger partial charge in [-0.25, -0.2) is 18.7 Å². The molecule has 0 spiro atoms. The van der Waals surface area contributed by atoms with Crippen molar-refractivity contribution in [1.29, 1.82) is 0 Å². The lowest BCUT2D eigenvalue weighted by Crippen LogP contribution is -2.59. The van der Waals surface area contributed by atoms with E-state index in [1.165, 1.54) is 38.1 Å². The van der Waals surface area contributed by atoms with Crippen LogP contribution in [0.1, 0.15) is 53.4 Å². The number of benzene rings is 2. The second-order valence-corrected chi connectivity index (χ2v) is 15.7. The number of rotatable bonds is 16. The van der Waals surface area contributed by atoms with Gasteiger partial charge in [0.05, 0.1) is 40.3 Å². The van der Waals surface area contributed by atoms with E-state index < -0.39 is 72.1 Å². The number of nitrogens with one attached hydrogen (secondary N) is 4. The SMILES string of the molecule is CN[C@H](C)C(=O)N[C@@H](C(=O)N1CCC[C@H]1Cn1c(-c2nc3cc(F)ccc3n2C[C@@H]2CCCN2C(=O)[C@H](NC(O)[C@@H](C)NC)C(C)O)nc2cc(F)ccc21)C(C)O. The van der Waals surface area contributed by atoms with Crippen LogP contribution in [0.15, 0.2) is 36.4 Å². The number of hydrogen-bond donors (Lipinski definition) is 7. The number of aliphatic hydroxyl groups is 3. The number of halogens is 2. The lowest BCUT2D eigenvalue weighted by molar-refractivity contribution is -0.140. The highest BCUT2D eigenvalue weighted by Crippen LogP contribution is 2.33. The van der Waals surface area contributed by atoms with Crippen LogP contribution in [0, 0.1) is 11.6 Å². The first-order valence-electron chi connectivity index (χ1n) is 20.0. The van der Waals surface area contributed by atoms with Crippen molar-refractivity contribution in [2.75, 3.05) is 27.2 Å². The van der Waals surface area contributed by atoms with Crippen LogP contribution in [0.4, 0.5) is 8.78 Å². The minimum Gasteiger partial charge on any atom is -0.391 e. The van der Waals surface area contributed by atoms with Crippen LogP contribution in [-0.4, -0.2) is 144 Å². The number of nitrogens with zero attached hydrogens (tertiary/aromatic N) is 6. The third-order valence-corrected chi connectivity index (χ3v) is 11.6. The smallest absolute Gasteiger partial charge is 0.248 e. The van der Waals surface area contributed by atoms with E-state index in [0.29, 0.717) is 72.5 Å². The van der Waals surface area contributed by atoms with E-state index in [1.54, 1.807) is 49.9 Å². The largest absolute Gasteiger partial charge is 0.391 e. The Labute approximate surface area is 336 Å². The van der Waals surface area contributed by atoms with Gasteiger partial charge < -0.3 is 50.2 Å². The molecule has 4 aromatic rings. The van der Waals surface area contributed by atoms with E-state index in [2.05, 4.69) is 21.3 Å². The third kappa shape index (κ3) is 8.86. The van der Waals surface area contributed by atoms with Gasteiger partial charge in [0.15, 0.2) is 11.6 Å². The predicted octanol–water partition coefficient (Wildman–Crippen LogP) is 1.05. The highest BCUT2D eigenvalue weighted by Gasteiger charge is 2.39. The molecule has 58 heavy (non-hydrogen) atoms. The number of likely N-dealkylation sites (tertiary alicyclic amines) is 2. The highest BCUT2D eigenvalue weighted by atomic mass is 19.1. The number of aromatic nitrogens is 4. The molecule has 2 fully saturated rings. The van der Waals surface area contributed by atoms with Crippen molar-refractivity contribution >= 4 is 39.8 Å². The summed E-state index contributed by atoms with van der Waals surface area (Å²) in [6, 6.07) is 4.43. The molecule has 4 heterocycles. The van der Waals surface area contributed by atoms with E-state index in [-0.39, 0.29) is 25.0 Å². The lowest BCUT2D eigenvalue weighted by Gasteiger charge is -2.33. The standard InChI is InChI=1S/C40H56F2N10O6/c1-21(43-5)37(55)47-33(23(3)53)39(57)49-15-7-9-27(49)19-51-31-13-11-25(41)17-29(31)45-35(51)36-46-30-18-26(42)12-14-32(30)52(36)20-28-10-8-16-50(28)40(58)34(24(4)54)48-38(56)22(2)44-6/h11-14,17-18,21-24,27-28,33-34,37,43-44,47,53-55H,7-10,15-16,19-20H2,1-6H3,(H,48,56)/t21-,22-,23?,24?,27+,28+,33-,34-,37?/m1/s1. The summed E-state index contributed by atoms with van der Waals surface area (Å²) in [4.78, 5) is 54.0. The molecular weight excluding hydrogens is 754 g/mol. The molecule has 0 saturated carbocycles. The van der Waals surface area contributed by atoms with Gasteiger partial charge in [0.2, 0.25) is 17.7 Å². The fourth-order valence-electron chi connectivity index (χ4n) is 8.03. The Bertz CT molecular complexity index is 2110. The van der Waals surface area contributed by atoms with Gasteiger partial charge in [-0.05, 0) is 91.7 Å². The fraction of sp³-hybridized carbons (Fsp3) is 0.575. The summed E-state index contributed by atoms with van der Waals surface area (Å²) in [5.41, 5.74) is 1.82. The molecule has 18 heteroatoms. The molecule has 0 radical (unpaired) electrons. The van der Waals surface area contributed by atoms with Crippen LogP contribution in [0.3, 0.4) is 0 Å². The Hall–Kier alpha value is -4.59. The minimum atomic E-state index is -1.19. The minimum absolute atomic E-state index is 0.206. The van der Waals surface area contributed by atoms with Crippen molar-refractivity contribution in [1.82, 2.24) is 50.2 Å². The molecule has 2 aliphatic rings. The van der Waals surface area contributed by atoms with Gasteiger partial charge in [-0.3, -0.25) is 19.7 Å². The van der Waals surface area contributed by atoms with Crippen LogP contribution < -0.4 is 21.3 Å². The van der Waals surface area contributed by atoms with Crippen molar-refractivity contribution < 1.29 is 38.5 Å². The van der Waals surface area contributed by atoms with Crippen LogP contribution in [-0.2, 0) is 27.5 Å². The van der Waals surface area contributed by atoms with Crippen molar-refractivity contribution in [2.24, 2.45) is 0 Å². The fourth-order valence-corrected chi connectivity index (χ4v) is 8.03. The third-order valence-electron chi connectivity index (χ3n) is 11.6. The molecule has 2 aliphatic heterocycles. The van der Waals surface area contributed by atoms with Crippen LogP contribution in [0.5, 0.6) is 0 Å². The molecule has 316 valence electrons. The van der Waals surface area contributed by atoms with E-state index >= 15 is 0 Å². The maximum absolute atomic E-state index is 14.7. The number of likely N-dealkylation sites (N-methyl/N-ethyl adjacent to an activating group) is 2. The molecule has 2 aromatic carbocycles. The van der Waals surface area contributed by atoms with Gasteiger partial charge in [0.25, 0.3) is 0 Å². The van der Waals surface area contributed by atoms with Crippen molar-refractivity contribution in [3.05, 3.63) is 48.0 Å². The monoisotopic (exact) mass is 810 g/mol. The molecule has 0 aliphatic carbocycles. The first-order valence-corrected chi connectivity index (χ1v) is 20.0. The Morgan fingerprint density at radius 3 is 1.64 bits per heavy atom. The number of hydrogen-bond acceptors (Lipinski definition) is 11. The second-order valence-electron chi connectivity index (χ2n) is 15.7. The quantitative estimate of drug-likeness (QED) is 0.0799. The zero-order valence-corrected chi connectivity index (χ0v) is 33.8. The Morgan fingerprint density at radius 2 is 1.21 bits per heavy atom. The number of amides is 3. The summed E-state index contributed by atoms with van der Waals surface area (Å²) in [6.45, 7) is 7.56. The average Bonchev–Trinajstić information content (AvgIpc) is 4.00. The molecule has 16 nitrogen and oxygen atoms in total. The maximum Gasteiger partial charge on any atom is 0.248 e. The van der Waals surface area contributed by atoms with Crippen LogP contribution >= 0.6 is 0 Å². The molecule has 6 rings (SSSR count). The van der Waals surface area contributed by atoms with Crippen molar-refractivity contribution in [2.45, 2.75) is 121 Å². The van der Waals surface area contributed by atoms with Gasteiger partial charge in [-0.15, -0.1) is 0 Å². The normalized spacial score (nSPS) is 20.9. The summed E-state index contributed by atoms with van der Waals surface area (Å²) in [7, 11) is 3.30. The van der Waals surface area contributed by atoms with Crippen LogP contribution in [0.25, 0.3) is 33.7 Å². The van der Waals surface area contributed by atoms with E-state index in [1.807, 2.05) is 9.13 Å². The second kappa shape index (κ2) is 18.1. The van der Waals surface area contributed by atoms with E-state index in [9.17, 15) is 38.5 Å². The molecule has 7 N–H and O–H groups in total. The Morgan fingerprint density at radius 1 is 0.741 bits per heavy atom. The molecule has 2 aromatic heterocycles. The van der Waals surface area contributed by atoms with E-state index in [4.69, 9.17) is 9.97 Å². The Balaban J connectivity index is 1.38. The number of fused-ring (bicyclic) bond motifs is 2.